The fraction of sp³-hybridized carbons (Fsp3) is 0.167. The van der Waals surface area contributed by atoms with Crippen LogP contribution in [0.4, 0.5) is 14.5 Å². The number of amides is 1. The van der Waals surface area contributed by atoms with Gasteiger partial charge in [0.05, 0.1) is 11.4 Å². The molecule has 1 aromatic heterocycles. The van der Waals surface area contributed by atoms with Crippen molar-refractivity contribution in [1.29, 1.82) is 0 Å². The zero-order chi connectivity index (χ0) is 19.4. The summed E-state index contributed by atoms with van der Waals surface area (Å²) >= 11 is 7.21. The number of thioether (sulfide) groups is 1. The largest absolute Gasteiger partial charge is 0.323 e. The lowest BCUT2D eigenvalue weighted by atomic mass is 10.2. The molecule has 1 heterocycles. The molecule has 1 N–H and O–H groups in total. The Labute approximate surface area is 163 Å². The van der Waals surface area contributed by atoms with Crippen molar-refractivity contribution in [1.82, 2.24) is 14.8 Å². The quantitative estimate of drug-likeness (QED) is 0.604. The average molecular weight is 409 g/mol. The molecule has 0 aliphatic carbocycles. The first-order valence-corrected chi connectivity index (χ1v) is 9.41. The van der Waals surface area contributed by atoms with Crippen LogP contribution in [0.1, 0.15) is 6.92 Å². The van der Waals surface area contributed by atoms with Gasteiger partial charge in [0.25, 0.3) is 0 Å². The third-order valence-electron chi connectivity index (χ3n) is 3.65. The van der Waals surface area contributed by atoms with Crippen molar-refractivity contribution < 1.29 is 13.6 Å². The van der Waals surface area contributed by atoms with Crippen molar-refractivity contribution in [2.45, 2.75) is 18.6 Å². The van der Waals surface area contributed by atoms with Crippen LogP contribution in [0.2, 0.25) is 5.02 Å². The fourth-order valence-corrected chi connectivity index (χ4v) is 3.42. The number of hydrogen-bond acceptors (Lipinski definition) is 4. The minimum Gasteiger partial charge on any atom is -0.323 e. The Morgan fingerprint density at radius 2 is 2.04 bits per heavy atom. The van der Waals surface area contributed by atoms with E-state index >= 15 is 0 Å². The van der Waals surface area contributed by atoms with Crippen LogP contribution in [-0.2, 0) is 11.3 Å². The second-order valence-corrected chi connectivity index (χ2v) is 6.90. The number of benzene rings is 2. The predicted octanol–water partition coefficient (Wildman–Crippen LogP) is 4.63. The average Bonchev–Trinajstić information content (AvgIpc) is 3.05. The highest BCUT2D eigenvalue weighted by molar-refractivity contribution is 7.99. The first-order chi connectivity index (χ1) is 13.0. The standard InChI is InChI=1S/C18H15ClF2N4OS/c1-2-25-17(11-4-3-5-12(19)8-11)23-24-18(25)27-10-16(26)22-15-7-6-13(20)9-14(15)21/h3-9H,2,10H2,1H3,(H,22,26). The smallest absolute Gasteiger partial charge is 0.234 e. The van der Waals surface area contributed by atoms with E-state index in [0.29, 0.717) is 28.6 Å². The monoisotopic (exact) mass is 408 g/mol. The summed E-state index contributed by atoms with van der Waals surface area (Å²) < 4.78 is 28.4. The minimum atomic E-state index is -0.826. The van der Waals surface area contributed by atoms with Crippen LogP contribution in [0, 0.1) is 11.6 Å². The van der Waals surface area contributed by atoms with Gasteiger partial charge in [-0.25, -0.2) is 8.78 Å². The van der Waals surface area contributed by atoms with E-state index in [2.05, 4.69) is 15.5 Å². The van der Waals surface area contributed by atoms with E-state index in [0.717, 1.165) is 11.6 Å². The topological polar surface area (TPSA) is 59.8 Å². The van der Waals surface area contributed by atoms with Gasteiger partial charge < -0.3 is 9.88 Å². The molecule has 27 heavy (non-hydrogen) atoms. The van der Waals surface area contributed by atoms with Crippen molar-refractivity contribution in [3.8, 4) is 11.4 Å². The van der Waals surface area contributed by atoms with Gasteiger partial charge in [-0.3, -0.25) is 4.79 Å². The zero-order valence-corrected chi connectivity index (χ0v) is 15.8. The first-order valence-electron chi connectivity index (χ1n) is 8.04. The van der Waals surface area contributed by atoms with Crippen LogP contribution < -0.4 is 5.32 Å². The van der Waals surface area contributed by atoms with Crippen molar-refractivity contribution >= 4 is 35.0 Å². The molecule has 0 aliphatic rings. The summed E-state index contributed by atoms with van der Waals surface area (Å²) in [5.74, 6) is -1.31. The molecule has 0 saturated carbocycles. The molecule has 1 amide bonds. The van der Waals surface area contributed by atoms with Gasteiger partial charge in [0.1, 0.15) is 11.6 Å². The molecule has 0 spiro atoms. The summed E-state index contributed by atoms with van der Waals surface area (Å²) in [5.41, 5.74) is 0.750. The molecule has 0 radical (unpaired) electrons. The molecule has 5 nitrogen and oxygen atoms in total. The van der Waals surface area contributed by atoms with Gasteiger partial charge in [-0.1, -0.05) is 35.5 Å². The Kier molecular flexibility index (Phi) is 6.08. The number of aromatic nitrogens is 3. The molecule has 0 bridgehead atoms. The molecule has 0 atom stereocenters. The van der Waals surface area contributed by atoms with E-state index < -0.39 is 17.5 Å². The lowest BCUT2D eigenvalue weighted by Gasteiger charge is -2.08. The maximum Gasteiger partial charge on any atom is 0.234 e. The molecule has 2 aromatic carbocycles. The van der Waals surface area contributed by atoms with Gasteiger partial charge >= 0.3 is 0 Å². The SMILES string of the molecule is CCn1c(SCC(=O)Nc2ccc(F)cc2F)nnc1-c1cccc(Cl)c1. The van der Waals surface area contributed by atoms with Crippen LogP contribution >= 0.6 is 23.4 Å². The second-order valence-electron chi connectivity index (χ2n) is 5.52. The molecular weight excluding hydrogens is 394 g/mol. The Bertz CT molecular complexity index is 980. The Morgan fingerprint density at radius 3 is 2.74 bits per heavy atom. The number of carbonyl (C=O) groups is 1. The lowest BCUT2D eigenvalue weighted by Crippen LogP contribution is -2.15. The third kappa shape index (κ3) is 4.64. The first kappa shape index (κ1) is 19.3. The van der Waals surface area contributed by atoms with Crippen LogP contribution in [0.5, 0.6) is 0 Å². The van der Waals surface area contributed by atoms with E-state index in [9.17, 15) is 13.6 Å². The van der Waals surface area contributed by atoms with Crippen LogP contribution in [0.15, 0.2) is 47.6 Å². The molecule has 0 fully saturated rings. The number of nitrogens with zero attached hydrogens (tertiary/aromatic N) is 3. The van der Waals surface area contributed by atoms with Crippen molar-refractivity contribution in [3.63, 3.8) is 0 Å². The Hall–Kier alpha value is -2.45. The van der Waals surface area contributed by atoms with E-state index in [-0.39, 0.29) is 11.4 Å². The summed E-state index contributed by atoms with van der Waals surface area (Å²) in [6.07, 6.45) is 0. The maximum absolute atomic E-state index is 13.6. The predicted molar refractivity (Wildman–Crippen MR) is 102 cm³/mol. The fourth-order valence-electron chi connectivity index (χ4n) is 2.43. The maximum atomic E-state index is 13.6. The van der Waals surface area contributed by atoms with E-state index in [1.165, 1.54) is 17.8 Å². The van der Waals surface area contributed by atoms with Gasteiger partial charge in [0.2, 0.25) is 5.91 Å². The number of halogens is 3. The van der Waals surface area contributed by atoms with E-state index in [1.807, 2.05) is 23.6 Å². The van der Waals surface area contributed by atoms with E-state index in [1.54, 1.807) is 12.1 Å². The molecular formula is C18H15ClF2N4OS. The van der Waals surface area contributed by atoms with Crippen molar-refractivity contribution in [2.24, 2.45) is 0 Å². The number of rotatable bonds is 6. The minimum absolute atomic E-state index is 0.00446. The Morgan fingerprint density at radius 1 is 1.22 bits per heavy atom. The highest BCUT2D eigenvalue weighted by atomic mass is 35.5. The summed E-state index contributed by atoms with van der Waals surface area (Å²) in [5, 5.41) is 11.9. The van der Waals surface area contributed by atoms with Crippen LogP contribution in [0.3, 0.4) is 0 Å². The molecule has 140 valence electrons. The molecule has 3 aromatic rings. The zero-order valence-electron chi connectivity index (χ0n) is 14.2. The van der Waals surface area contributed by atoms with Gasteiger partial charge in [0.15, 0.2) is 11.0 Å². The summed E-state index contributed by atoms with van der Waals surface area (Å²) in [6.45, 7) is 2.54. The van der Waals surface area contributed by atoms with Crippen LogP contribution in [-0.4, -0.2) is 26.4 Å². The Balaban J connectivity index is 1.70. The van der Waals surface area contributed by atoms with Crippen molar-refractivity contribution in [2.75, 3.05) is 11.1 Å². The molecule has 0 saturated heterocycles. The van der Waals surface area contributed by atoms with Gasteiger partial charge in [-0.15, -0.1) is 10.2 Å². The van der Waals surface area contributed by atoms with Gasteiger partial charge in [-0.2, -0.15) is 0 Å². The number of anilines is 1. The molecule has 3 rings (SSSR count). The molecule has 9 heteroatoms. The number of hydrogen-bond donors (Lipinski definition) is 1. The highest BCUT2D eigenvalue weighted by Gasteiger charge is 2.15. The normalized spacial score (nSPS) is 10.8. The lowest BCUT2D eigenvalue weighted by molar-refractivity contribution is -0.113. The second kappa shape index (κ2) is 8.49. The summed E-state index contributed by atoms with van der Waals surface area (Å²) in [7, 11) is 0. The number of nitrogens with one attached hydrogen (secondary N) is 1. The van der Waals surface area contributed by atoms with Crippen LogP contribution in [0.25, 0.3) is 11.4 Å². The summed E-state index contributed by atoms with van der Waals surface area (Å²) in [4.78, 5) is 12.1. The van der Waals surface area contributed by atoms with Crippen molar-refractivity contribution in [3.05, 3.63) is 59.1 Å². The van der Waals surface area contributed by atoms with E-state index in [4.69, 9.17) is 11.6 Å². The number of carbonyl (C=O) groups excluding carboxylic acids is 1. The van der Waals surface area contributed by atoms with Gasteiger partial charge in [0, 0.05) is 23.2 Å². The van der Waals surface area contributed by atoms with Gasteiger partial charge in [-0.05, 0) is 31.2 Å². The summed E-state index contributed by atoms with van der Waals surface area (Å²) in [6, 6.07) is 10.2. The molecule has 0 unspecified atom stereocenters. The molecule has 0 aliphatic heterocycles. The highest BCUT2D eigenvalue weighted by Crippen LogP contribution is 2.26. The third-order valence-corrected chi connectivity index (χ3v) is 4.86.